The second-order valence-electron chi connectivity index (χ2n) is 7.45. The number of carbonyl (C=O) groups is 1. The SMILES string of the molecule is CC(=O)O.CN(C)CCCCCCCCCCCCCc1ccccc1. The Bertz CT molecular complexity index is 413. The van der Waals surface area contributed by atoms with Gasteiger partial charge in [-0.05, 0) is 45.5 Å². The van der Waals surface area contributed by atoms with Crippen molar-refractivity contribution >= 4 is 5.97 Å². The first-order valence-corrected chi connectivity index (χ1v) is 10.4. The zero-order valence-electron chi connectivity index (χ0n) is 17.4. The van der Waals surface area contributed by atoms with Gasteiger partial charge in [0.1, 0.15) is 0 Å². The highest BCUT2D eigenvalue weighted by Crippen LogP contribution is 2.12. The first kappa shape index (κ1) is 24.7. The summed E-state index contributed by atoms with van der Waals surface area (Å²) in [5.74, 6) is -0.833. The molecule has 150 valence electrons. The van der Waals surface area contributed by atoms with Crippen LogP contribution in [0.2, 0.25) is 0 Å². The lowest BCUT2D eigenvalue weighted by Gasteiger charge is -2.08. The minimum atomic E-state index is -0.833. The van der Waals surface area contributed by atoms with Crippen LogP contribution in [-0.2, 0) is 11.2 Å². The molecule has 1 rings (SSSR count). The fraction of sp³-hybridized carbons (Fsp3) is 0.696. The van der Waals surface area contributed by atoms with E-state index in [-0.39, 0.29) is 0 Å². The Labute approximate surface area is 161 Å². The van der Waals surface area contributed by atoms with E-state index in [1.807, 2.05) is 0 Å². The molecule has 0 amide bonds. The summed E-state index contributed by atoms with van der Waals surface area (Å²) in [5.41, 5.74) is 1.50. The predicted octanol–water partition coefficient (Wildman–Crippen LogP) is 6.17. The van der Waals surface area contributed by atoms with Crippen molar-refractivity contribution in [1.82, 2.24) is 4.90 Å². The molecule has 3 heteroatoms. The molecule has 1 N–H and O–H groups in total. The Morgan fingerprint density at radius 1 is 0.769 bits per heavy atom. The van der Waals surface area contributed by atoms with Crippen molar-refractivity contribution < 1.29 is 9.90 Å². The summed E-state index contributed by atoms with van der Waals surface area (Å²) in [5, 5.41) is 7.42. The minimum Gasteiger partial charge on any atom is -0.481 e. The molecule has 0 unspecified atom stereocenters. The van der Waals surface area contributed by atoms with Gasteiger partial charge in [-0.1, -0.05) is 88.1 Å². The van der Waals surface area contributed by atoms with Gasteiger partial charge in [0.05, 0.1) is 0 Å². The highest BCUT2D eigenvalue weighted by atomic mass is 16.4. The standard InChI is InChI=1S/C21H37N.C2H4O2/c1-22(2)20-16-11-9-7-5-3-4-6-8-10-13-17-21-18-14-12-15-19-21;1-2(3)4/h12,14-15,18-19H,3-11,13,16-17,20H2,1-2H3;1H3,(H,3,4). The average molecular weight is 364 g/mol. The Morgan fingerprint density at radius 2 is 1.15 bits per heavy atom. The summed E-state index contributed by atoms with van der Waals surface area (Å²) in [6.07, 6.45) is 16.9. The van der Waals surface area contributed by atoms with E-state index < -0.39 is 5.97 Å². The maximum absolute atomic E-state index is 9.00. The first-order valence-electron chi connectivity index (χ1n) is 10.4. The predicted molar refractivity (Wildman–Crippen MR) is 113 cm³/mol. The number of rotatable bonds is 14. The normalized spacial score (nSPS) is 10.5. The van der Waals surface area contributed by atoms with Gasteiger partial charge in [-0.3, -0.25) is 4.79 Å². The van der Waals surface area contributed by atoms with E-state index in [0.717, 1.165) is 6.92 Å². The van der Waals surface area contributed by atoms with Crippen molar-refractivity contribution in [3.63, 3.8) is 0 Å². The molecule has 0 spiro atoms. The average Bonchev–Trinajstić information content (AvgIpc) is 2.59. The monoisotopic (exact) mass is 363 g/mol. The quantitative estimate of drug-likeness (QED) is 0.402. The molecule has 26 heavy (non-hydrogen) atoms. The highest BCUT2D eigenvalue weighted by molar-refractivity contribution is 5.62. The molecule has 0 bridgehead atoms. The Kier molecular flexibility index (Phi) is 17.5. The topological polar surface area (TPSA) is 40.5 Å². The number of nitrogens with zero attached hydrogens (tertiary/aromatic N) is 1. The lowest BCUT2D eigenvalue weighted by Crippen LogP contribution is -2.12. The first-order chi connectivity index (χ1) is 12.5. The van der Waals surface area contributed by atoms with Crippen molar-refractivity contribution in [2.45, 2.75) is 84.0 Å². The molecule has 0 saturated carbocycles. The summed E-state index contributed by atoms with van der Waals surface area (Å²) in [4.78, 5) is 11.3. The number of hydrogen-bond donors (Lipinski definition) is 1. The molecule has 0 aliphatic heterocycles. The number of carboxylic acid groups (broad SMARTS) is 1. The molecule has 1 aromatic carbocycles. The molecule has 0 aliphatic carbocycles. The van der Waals surface area contributed by atoms with Crippen LogP contribution in [-0.4, -0.2) is 36.6 Å². The second kappa shape index (κ2) is 18.4. The third-order valence-corrected chi connectivity index (χ3v) is 4.41. The van der Waals surface area contributed by atoms with Crippen LogP contribution in [0.25, 0.3) is 0 Å². The molecule has 0 heterocycles. The fourth-order valence-electron chi connectivity index (χ4n) is 2.99. The summed E-state index contributed by atoms with van der Waals surface area (Å²) in [6.45, 7) is 2.34. The molecular formula is C23H41NO2. The van der Waals surface area contributed by atoms with E-state index in [2.05, 4.69) is 49.3 Å². The number of benzene rings is 1. The second-order valence-corrected chi connectivity index (χ2v) is 7.45. The summed E-state index contributed by atoms with van der Waals surface area (Å²) in [6, 6.07) is 10.9. The van der Waals surface area contributed by atoms with Crippen molar-refractivity contribution in [1.29, 1.82) is 0 Å². The number of aliphatic carboxylic acids is 1. The highest BCUT2D eigenvalue weighted by Gasteiger charge is 1.95. The van der Waals surface area contributed by atoms with Crippen molar-refractivity contribution in [3.05, 3.63) is 35.9 Å². The van der Waals surface area contributed by atoms with E-state index >= 15 is 0 Å². The van der Waals surface area contributed by atoms with Crippen LogP contribution >= 0.6 is 0 Å². The van der Waals surface area contributed by atoms with Gasteiger partial charge < -0.3 is 10.0 Å². The maximum atomic E-state index is 9.00. The number of hydrogen-bond acceptors (Lipinski definition) is 2. The van der Waals surface area contributed by atoms with Gasteiger partial charge in [-0.15, -0.1) is 0 Å². The smallest absolute Gasteiger partial charge is 0.300 e. The minimum absolute atomic E-state index is 0.833. The van der Waals surface area contributed by atoms with Gasteiger partial charge >= 0.3 is 0 Å². The molecule has 0 fully saturated rings. The third-order valence-electron chi connectivity index (χ3n) is 4.41. The lowest BCUT2D eigenvalue weighted by molar-refractivity contribution is -0.134. The van der Waals surface area contributed by atoms with Crippen LogP contribution in [0.5, 0.6) is 0 Å². The summed E-state index contributed by atoms with van der Waals surface area (Å²) >= 11 is 0. The van der Waals surface area contributed by atoms with Crippen LogP contribution < -0.4 is 0 Å². The molecule has 0 saturated heterocycles. The zero-order valence-corrected chi connectivity index (χ0v) is 17.4. The Balaban J connectivity index is 0.00000141. The molecular weight excluding hydrogens is 322 g/mol. The molecule has 3 nitrogen and oxygen atoms in total. The largest absolute Gasteiger partial charge is 0.481 e. The zero-order chi connectivity index (χ0) is 19.5. The number of aryl methyl sites for hydroxylation is 1. The number of carboxylic acids is 1. The van der Waals surface area contributed by atoms with Gasteiger partial charge in [0.2, 0.25) is 0 Å². The van der Waals surface area contributed by atoms with Gasteiger partial charge in [0.25, 0.3) is 5.97 Å². The molecule has 0 aliphatic rings. The van der Waals surface area contributed by atoms with Crippen molar-refractivity contribution in [2.24, 2.45) is 0 Å². The van der Waals surface area contributed by atoms with Gasteiger partial charge in [-0.2, -0.15) is 0 Å². The van der Waals surface area contributed by atoms with Crippen LogP contribution in [0.15, 0.2) is 30.3 Å². The summed E-state index contributed by atoms with van der Waals surface area (Å²) in [7, 11) is 4.33. The van der Waals surface area contributed by atoms with Crippen LogP contribution in [0, 0.1) is 0 Å². The summed E-state index contributed by atoms with van der Waals surface area (Å²) < 4.78 is 0. The van der Waals surface area contributed by atoms with Crippen LogP contribution in [0.1, 0.15) is 83.1 Å². The third kappa shape index (κ3) is 20.7. The van der Waals surface area contributed by atoms with Gasteiger partial charge in [-0.25, -0.2) is 0 Å². The molecule has 1 aromatic rings. The lowest BCUT2D eigenvalue weighted by atomic mass is 10.0. The van der Waals surface area contributed by atoms with Crippen LogP contribution in [0.3, 0.4) is 0 Å². The fourth-order valence-corrected chi connectivity index (χ4v) is 2.99. The van der Waals surface area contributed by atoms with Gasteiger partial charge in [0.15, 0.2) is 0 Å². The van der Waals surface area contributed by atoms with E-state index in [4.69, 9.17) is 9.90 Å². The molecule has 0 aromatic heterocycles. The maximum Gasteiger partial charge on any atom is 0.300 e. The Morgan fingerprint density at radius 3 is 1.58 bits per heavy atom. The van der Waals surface area contributed by atoms with Crippen molar-refractivity contribution in [2.75, 3.05) is 20.6 Å². The van der Waals surface area contributed by atoms with Crippen molar-refractivity contribution in [3.8, 4) is 0 Å². The van der Waals surface area contributed by atoms with E-state index in [9.17, 15) is 0 Å². The van der Waals surface area contributed by atoms with E-state index in [1.165, 1.54) is 89.2 Å². The molecule has 0 radical (unpaired) electrons. The Hall–Kier alpha value is -1.35. The van der Waals surface area contributed by atoms with E-state index in [0.29, 0.717) is 0 Å². The van der Waals surface area contributed by atoms with Gasteiger partial charge in [0, 0.05) is 6.92 Å². The molecule has 0 atom stereocenters. The van der Waals surface area contributed by atoms with Crippen LogP contribution in [0.4, 0.5) is 0 Å². The number of unbranched alkanes of at least 4 members (excludes halogenated alkanes) is 10. The van der Waals surface area contributed by atoms with E-state index in [1.54, 1.807) is 0 Å².